The number of hydrogen-bond donors (Lipinski definition) is 0. The average Bonchev–Trinajstić information content (AvgIpc) is 1.70. The summed E-state index contributed by atoms with van der Waals surface area (Å²) in [5, 5.41) is 5.04. The second-order valence-electron chi connectivity index (χ2n) is 24.1. The van der Waals surface area contributed by atoms with E-state index in [0.717, 1.165) is 34.1 Å². The molecule has 0 spiro atoms. The van der Waals surface area contributed by atoms with Gasteiger partial charge in [-0.2, -0.15) is 0 Å². The maximum Gasteiger partial charge on any atom is 0.0465 e. The van der Waals surface area contributed by atoms with E-state index in [4.69, 9.17) is 0 Å². The van der Waals surface area contributed by atoms with E-state index in [0.29, 0.717) is 0 Å². The van der Waals surface area contributed by atoms with Crippen LogP contribution in [0.5, 0.6) is 0 Å². The number of para-hydroxylation sites is 2. The zero-order valence-electron chi connectivity index (χ0n) is 48.9. The van der Waals surface area contributed by atoms with Gasteiger partial charge in [-0.1, -0.05) is 270 Å². The molecule has 0 aromatic heterocycles. The van der Waals surface area contributed by atoms with Gasteiger partial charge in [0, 0.05) is 45.0 Å². The lowest BCUT2D eigenvalue weighted by atomic mass is 9.81. The van der Waals surface area contributed by atoms with Crippen molar-refractivity contribution >= 4 is 80.0 Å². The van der Waals surface area contributed by atoms with E-state index in [1.807, 2.05) is 0 Å². The number of benzene rings is 13. The van der Waals surface area contributed by atoms with Crippen molar-refractivity contribution in [1.29, 1.82) is 0 Å². The minimum absolute atomic E-state index is 0.195. The summed E-state index contributed by atoms with van der Waals surface area (Å²) in [5.74, 6) is 0. The van der Waals surface area contributed by atoms with Crippen LogP contribution in [-0.2, 0) is 10.8 Å². The van der Waals surface area contributed by atoms with Crippen LogP contribution in [0.2, 0.25) is 0 Å². The second-order valence-corrected chi connectivity index (χ2v) is 24.1. The molecule has 15 rings (SSSR count). The summed E-state index contributed by atoms with van der Waals surface area (Å²) in [6, 6.07) is 107. The Balaban J connectivity index is 0.641. The van der Waals surface area contributed by atoms with Gasteiger partial charge in [-0.25, -0.2) is 0 Å². The van der Waals surface area contributed by atoms with Gasteiger partial charge in [-0.15, -0.1) is 0 Å². The van der Waals surface area contributed by atoms with E-state index in [1.165, 1.54) is 111 Å². The van der Waals surface area contributed by atoms with Crippen LogP contribution in [0.1, 0.15) is 72.2 Å². The third kappa shape index (κ3) is 9.32. The highest BCUT2D eigenvalue weighted by molar-refractivity contribution is 5.99. The minimum atomic E-state index is -0.195. The summed E-state index contributed by atoms with van der Waals surface area (Å²) in [4.78, 5) is 4.77. The molecule has 0 bridgehead atoms. The summed E-state index contributed by atoms with van der Waals surface area (Å²) >= 11 is 0. The molecule has 13 aromatic carbocycles. The monoisotopic (exact) mass is 1100 g/mol. The molecular weight excluding hydrogens is 1040 g/mol. The van der Waals surface area contributed by atoms with E-state index < -0.39 is 0 Å². The summed E-state index contributed by atoms with van der Waals surface area (Å²) in [5.41, 5.74) is 26.6. The average molecular weight is 1100 g/mol. The first-order valence-corrected chi connectivity index (χ1v) is 30.0. The first-order chi connectivity index (χ1) is 42.1. The summed E-state index contributed by atoms with van der Waals surface area (Å²) in [6.07, 6.45) is 8.98. The lowest BCUT2D eigenvalue weighted by Gasteiger charge is -2.28. The molecule has 2 nitrogen and oxygen atoms in total. The van der Waals surface area contributed by atoms with Gasteiger partial charge in [-0.05, 0) is 183 Å². The smallest absolute Gasteiger partial charge is 0.0465 e. The number of hydrogen-bond acceptors (Lipinski definition) is 2. The fraction of sp³-hybridized carbons (Fsp3) is 0.0714. The van der Waals surface area contributed by atoms with Gasteiger partial charge in [0.1, 0.15) is 0 Å². The zero-order chi connectivity index (χ0) is 57.9. The van der Waals surface area contributed by atoms with Crippen molar-refractivity contribution in [2.75, 3.05) is 9.80 Å². The quantitative estimate of drug-likeness (QED) is 0.113. The molecule has 86 heavy (non-hydrogen) atoms. The largest absolute Gasteiger partial charge is 0.310 e. The fourth-order valence-electron chi connectivity index (χ4n) is 13.7. The first kappa shape index (κ1) is 52.3. The highest BCUT2D eigenvalue weighted by Crippen LogP contribution is 2.53. The van der Waals surface area contributed by atoms with Gasteiger partial charge >= 0.3 is 0 Å². The molecule has 0 heterocycles. The topological polar surface area (TPSA) is 6.48 Å². The molecule has 0 atom stereocenters. The van der Waals surface area contributed by atoms with Gasteiger partial charge in [0.15, 0.2) is 0 Å². The number of nitrogens with zero attached hydrogens (tertiary/aromatic N) is 2. The molecule has 410 valence electrons. The Morgan fingerprint density at radius 2 is 0.535 bits per heavy atom. The van der Waals surface area contributed by atoms with Gasteiger partial charge in [-0.3, -0.25) is 0 Å². The predicted molar refractivity (Wildman–Crippen MR) is 368 cm³/mol. The molecule has 0 amide bonds. The van der Waals surface area contributed by atoms with Crippen LogP contribution in [0.3, 0.4) is 0 Å². The molecule has 2 heteroatoms. The highest BCUT2D eigenvalue weighted by Gasteiger charge is 2.38. The Kier molecular flexibility index (Phi) is 12.9. The summed E-state index contributed by atoms with van der Waals surface area (Å²) < 4.78 is 0. The zero-order valence-corrected chi connectivity index (χ0v) is 48.9. The second kappa shape index (κ2) is 21.3. The Morgan fingerprint density at radius 3 is 0.942 bits per heavy atom. The van der Waals surface area contributed by atoms with Crippen LogP contribution < -0.4 is 9.80 Å². The molecule has 0 saturated carbocycles. The van der Waals surface area contributed by atoms with E-state index in [9.17, 15) is 0 Å². The Labute approximate surface area is 505 Å². The van der Waals surface area contributed by atoms with Crippen LogP contribution >= 0.6 is 0 Å². The highest BCUT2D eigenvalue weighted by atomic mass is 15.1. The van der Waals surface area contributed by atoms with Crippen molar-refractivity contribution in [2.45, 2.75) is 38.5 Å². The van der Waals surface area contributed by atoms with Crippen LogP contribution in [-0.4, -0.2) is 0 Å². The maximum atomic E-state index is 2.42. The van der Waals surface area contributed by atoms with Crippen LogP contribution in [0.4, 0.5) is 34.1 Å². The molecule has 2 aliphatic carbocycles. The lowest BCUT2D eigenvalue weighted by Crippen LogP contribution is -2.16. The third-order valence-corrected chi connectivity index (χ3v) is 18.2. The Morgan fingerprint density at radius 1 is 0.233 bits per heavy atom. The lowest BCUT2D eigenvalue weighted by molar-refractivity contribution is 0.660. The number of anilines is 6. The first-order valence-electron chi connectivity index (χ1n) is 30.0. The summed E-state index contributed by atoms with van der Waals surface area (Å²) in [7, 11) is 0. The van der Waals surface area contributed by atoms with Crippen LogP contribution in [0.25, 0.3) is 90.4 Å². The standard InChI is InChI=1S/C84H64N2/c1-83(2)79-53-59(37-49-75(79)77-51-47-69(55-81(77)83)85(65-21-7-5-8-22-65)67-43-39-63(40-44-67)73-27-15-19-61-17-11-13-25-71(61)73)35-33-57-29-31-58(32-30-57)34-36-60-38-50-76-78-52-48-70(56-82(78)84(3,4)80(76)54-60)86(66-23-9-6-10-24-66)68-45-41-64(42-46-68)74-28-16-20-62-18-12-14-26-72(62)74/h5-56H,1-4H3/b35-33+,36-34+. The number of rotatable bonds is 12. The minimum Gasteiger partial charge on any atom is -0.310 e. The SMILES string of the molecule is CC1(C)c2cc(/C=C/c3ccc(/C=C/c4ccc5c(c4)C(C)(C)c4cc(N(c6ccccc6)c6ccc(-c7cccc8ccccc78)cc6)ccc4-5)cc3)ccc2-c2ccc(N(c3ccccc3)c3ccc(-c4cccc5ccccc45)cc3)cc21. The summed E-state index contributed by atoms with van der Waals surface area (Å²) in [6.45, 7) is 9.50. The molecule has 0 N–H and O–H groups in total. The van der Waals surface area contributed by atoms with Crippen molar-refractivity contribution in [3.63, 3.8) is 0 Å². The van der Waals surface area contributed by atoms with Crippen molar-refractivity contribution in [3.8, 4) is 44.5 Å². The Hall–Kier alpha value is -10.5. The normalized spacial score (nSPS) is 13.4. The molecule has 0 saturated heterocycles. The number of fused-ring (bicyclic) bond motifs is 8. The van der Waals surface area contributed by atoms with Gasteiger partial charge in [0.05, 0.1) is 0 Å². The van der Waals surface area contributed by atoms with E-state index >= 15 is 0 Å². The van der Waals surface area contributed by atoms with E-state index in [2.05, 4.69) is 353 Å². The van der Waals surface area contributed by atoms with Crippen molar-refractivity contribution in [1.82, 2.24) is 0 Å². The van der Waals surface area contributed by atoms with Crippen molar-refractivity contribution < 1.29 is 0 Å². The van der Waals surface area contributed by atoms with Gasteiger partial charge in [0.2, 0.25) is 0 Å². The Bertz CT molecular complexity index is 4460. The molecule has 0 aliphatic heterocycles. The molecule has 0 radical (unpaired) electrons. The van der Waals surface area contributed by atoms with Gasteiger partial charge in [0.25, 0.3) is 0 Å². The molecule has 0 fully saturated rings. The van der Waals surface area contributed by atoms with E-state index in [1.54, 1.807) is 0 Å². The molecule has 13 aromatic rings. The molecular formula is C84H64N2. The van der Waals surface area contributed by atoms with Crippen LogP contribution in [0, 0.1) is 0 Å². The maximum absolute atomic E-state index is 2.42. The fourth-order valence-corrected chi connectivity index (χ4v) is 13.7. The van der Waals surface area contributed by atoms with Crippen LogP contribution in [0.15, 0.2) is 291 Å². The molecule has 0 unspecified atom stereocenters. The van der Waals surface area contributed by atoms with E-state index in [-0.39, 0.29) is 10.8 Å². The van der Waals surface area contributed by atoms with Crippen molar-refractivity contribution in [2.24, 2.45) is 0 Å². The van der Waals surface area contributed by atoms with Crippen molar-refractivity contribution in [3.05, 3.63) is 336 Å². The molecule has 2 aliphatic rings. The predicted octanol–water partition coefficient (Wildman–Crippen LogP) is 23.2. The third-order valence-electron chi connectivity index (χ3n) is 18.2. The van der Waals surface area contributed by atoms with Gasteiger partial charge < -0.3 is 9.80 Å².